The van der Waals surface area contributed by atoms with Gasteiger partial charge in [0.25, 0.3) is 5.91 Å². The first-order valence-electron chi connectivity index (χ1n) is 8.58. The summed E-state index contributed by atoms with van der Waals surface area (Å²) in [5.74, 6) is 1.74. The fourth-order valence-electron chi connectivity index (χ4n) is 2.59. The van der Waals surface area contributed by atoms with Crippen molar-refractivity contribution in [3.8, 4) is 0 Å². The Balaban J connectivity index is 1.74. The van der Waals surface area contributed by atoms with Crippen molar-refractivity contribution in [1.29, 1.82) is 0 Å². The highest BCUT2D eigenvalue weighted by molar-refractivity contribution is 7.98. The van der Waals surface area contributed by atoms with Gasteiger partial charge in [-0.15, -0.1) is 11.8 Å². The summed E-state index contributed by atoms with van der Waals surface area (Å²) in [5, 5.41) is 6.91. The Morgan fingerprint density at radius 3 is 2.69 bits per heavy atom. The highest BCUT2D eigenvalue weighted by Crippen LogP contribution is 2.27. The van der Waals surface area contributed by atoms with Gasteiger partial charge in [-0.3, -0.25) is 4.79 Å². The molecule has 1 amide bonds. The second-order valence-electron chi connectivity index (χ2n) is 6.45. The molecule has 0 aliphatic carbocycles. The van der Waals surface area contributed by atoms with Gasteiger partial charge in [-0.2, -0.15) is 0 Å². The Labute approximate surface area is 158 Å². The van der Waals surface area contributed by atoms with Crippen LogP contribution in [0.25, 0.3) is 0 Å². The Kier molecular flexibility index (Phi) is 5.78. The first-order valence-corrected chi connectivity index (χ1v) is 9.57. The fourth-order valence-corrected chi connectivity index (χ4v) is 3.51. The number of carbonyl (C=O) groups excluding carboxylic acids is 1. The molecule has 134 valence electrons. The van der Waals surface area contributed by atoms with Crippen molar-refractivity contribution in [3.05, 3.63) is 77.2 Å². The molecular formula is C21H22N2O2S. The molecule has 1 heterocycles. The molecule has 0 bridgehead atoms. The molecule has 4 nitrogen and oxygen atoms in total. The van der Waals surface area contributed by atoms with Crippen LogP contribution in [0.4, 0.5) is 5.69 Å². The number of thioether (sulfide) groups is 1. The molecule has 0 unspecified atom stereocenters. The third-order valence-electron chi connectivity index (χ3n) is 3.99. The number of amides is 1. The highest BCUT2D eigenvalue weighted by Gasteiger charge is 2.13. The third-order valence-corrected chi connectivity index (χ3v) is 5.09. The van der Waals surface area contributed by atoms with E-state index in [0.717, 1.165) is 22.0 Å². The van der Waals surface area contributed by atoms with Crippen molar-refractivity contribution in [2.75, 3.05) is 5.32 Å². The van der Waals surface area contributed by atoms with Gasteiger partial charge in [-0.25, -0.2) is 0 Å². The van der Waals surface area contributed by atoms with Crippen molar-refractivity contribution in [2.45, 2.75) is 37.3 Å². The van der Waals surface area contributed by atoms with E-state index < -0.39 is 0 Å². The number of rotatable bonds is 6. The molecule has 3 aromatic rings. The van der Waals surface area contributed by atoms with E-state index in [-0.39, 0.29) is 5.91 Å². The molecule has 1 aromatic heterocycles. The lowest BCUT2D eigenvalue weighted by molar-refractivity contribution is 0.102. The Morgan fingerprint density at radius 1 is 1.15 bits per heavy atom. The van der Waals surface area contributed by atoms with Crippen LogP contribution in [0.2, 0.25) is 0 Å². The van der Waals surface area contributed by atoms with Gasteiger partial charge in [0.1, 0.15) is 5.76 Å². The minimum atomic E-state index is -0.109. The summed E-state index contributed by atoms with van der Waals surface area (Å²) in [6.07, 6.45) is 0. The topological polar surface area (TPSA) is 55.1 Å². The number of nitrogens with one attached hydrogen (secondary N) is 1. The Hall–Kier alpha value is -2.53. The minimum Gasteiger partial charge on any atom is -0.360 e. The Morgan fingerprint density at radius 2 is 1.96 bits per heavy atom. The molecule has 0 aliphatic heterocycles. The van der Waals surface area contributed by atoms with Crippen molar-refractivity contribution in [3.63, 3.8) is 0 Å². The fraction of sp³-hybridized carbons (Fsp3) is 0.238. The molecule has 0 saturated heterocycles. The molecular weight excluding hydrogens is 344 g/mol. The minimum absolute atomic E-state index is 0.109. The summed E-state index contributed by atoms with van der Waals surface area (Å²) in [7, 11) is 0. The number of aryl methyl sites for hydroxylation is 1. The number of anilines is 1. The summed E-state index contributed by atoms with van der Waals surface area (Å²) in [4.78, 5) is 13.7. The van der Waals surface area contributed by atoms with Crippen LogP contribution < -0.4 is 5.32 Å². The largest absolute Gasteiger partial charge is 0.360 e. The Bertz CT molecular complexity index is 902. The maximum atomic E-state index is 12.8. The lowest BCUT2D eigenvalue weighted by Crippen LogP contribution is -2.13. The molecule has 0 spiro atoms. The number of hydrogen-bond donors (Lipinski definition) is 1. The average molecular weight is 366 g/mol. The summed E-state index contributed by atoms with van der Waals surface area (Å²) in [6.45, 7) is 6.17. The second kappa shape index (κ2) is 8.23. The zero-order valence-electron chi connectivity index (χ0n) is 15.2. The number of benzene rings is 2. The SMILES string of the molecule is Cc1cc(CSc2ccccc2C(=O)Nc2cccc(C(C)C)c2)on1. The summed E-state index contributed by atoms with van der Waals surface area (Å²) < 4.78 is 5.25. The standard InChI is InChI=1S/C21H22N2O2S/c1-14(2)16-7-6-8-17(12-16)22-21(24)19-9-4-5-10-20(19)26-13-18-11-15(3)23-25-18/h4-12,14H,13H2,1-3H3,(H,22,24). The smallest absolute Gasteiger partial charge is 0.256 e. The van der Waals surface area contributed by atoms with Crippen molar-refractivity contribution in [1.82, 2.24) is 5.16 Å². The zero-order chi connectivity index (χ0) is 18.5. The van der Waals surface area contributed by atoms with Gasteiger partial charge in [0.15, 0.2) is 0 Å². The van der Waals surface area contributed by atoms with Crippen LogP contribution >= 0.6 is 11.8 Å². The number of hydrogen-bond acceptors (Lipinski definition) is 4. The van der Waals surface area contributed by atoms with Crippen molar-refractivity contribution < 1.29 is 9.32 Å². The number of nitrogens with zero attached hydrogens (tertiary/aromatic N) is 1. The summed E-state index contributed by atoms with van der Waals surface area (Å²) >= 11 is 1.57. The summed E-state index contributed by atoms with van der Waals surface area (Å²) in [5.41, 5.74) is 3.53. The maximum Gasteiger partial charge on any atom is 0.256 e. The molecule has 5 heteroatoms. The molecule has 1 N–H and O–H groups in total. The predicted octanol–water partition coefficient (Wildman–Crippen LogP) is 5.65. The van der Waals surface area contributed by atoms with Crippen LogP contribution in [0.15, 0.2) is 64.0 Å². The average Bonchev–Trinajstić information content (AvgIpc) is 3.05. The van der Waals surface area contributed by atoms with Crippen LogP contribution in [0.1, 0.15) is 47.1 Å². The summed E-state index contributed by atoms with van der Waals surface area (Å²) in [6, 6.07) is 17.5. The quantitative estimate of drug-likeness (QED) is 0.573. The van der Waals surface area contributed by atoms with E-state index in [9.17, 15) is 4.79 Å². The van der Waals surface area contributed by atoms with Crippen molar-refractivity contribution in [2.24, 2.45) is 0 Å². The zero-order valence-corrected chi connectivity index (χ0v) is 16.0. The number of aromatic nitrogens is 1. The molecule has 3 rings (SSSR count). The van der Waals surface area contributed by atoms with Gasteiger partial charge in [0.05, 0.1) is 17.0 Å². The van der Waals surface area contributed by atoms with E-state index in [1.165, 1.54) is 5.56 Å². The van der Waals surface area contributed by atoms with Gasteiger partial charge in [-0.05, 0) is 42.7 Å². The highest BCUT2D eigenvalue weighted by atomic mass is 32.2. The van der Waals surface area contributed by atoms with Crippen LogP contribution in [-0.4, -0.2) is 11.1 Å². The lowest BCUT2D eigenvalue weighted by atomic mass is 10.0. The van der Waals surface area contributed by atoms with E-state index in [2.05, 4.69) is 30.4 Å². The van der Waals surface area contributed by atoms with E-state index in [1.807, 2.05) is 55.5 Å². The van der Waals surface area contributed by atoms with Crippen LogP contribution in [0.3, 0.4) is 0 Å². The van der Waals surface area contributed by atoms with Crippen molar-refractivity contribution >= 4 is 23.4 Å². The normalized spacial score (nSPS) is 10.9. The third kappa shape index (κ3) is 4.55. The van der Waals surface area contributed by atoms with Gasteiger partial charge in [-0.1, -0.05) is 43.3 Å². The van der Waals surface area contributed by atoms with Gasteiger partial charge in [0.2, 0.25) is 0 Å². The van der Waals surface area contributed by atoms with Crippen LogP contribution in [-0.2, 0) is 5.75 Å². The lowest BCUT2D eigenvalue weighted by Gasteiger charge is -2.11. The van der Waals surface area contributed by atoms with E-state index in [4.69, 9.17) is 4.52 Å². The van der Waals surface area contributed by atoms with Gasteiger partial charge >= 0.3 is 0 Å². The number of carbonyl (C=O) groups is 1. The van der Waals surface area contributed by atoms with E-state index >= 15 is 0 Å². The van der Waals surface area contributed by atoms with E-state index in [1.54, 1.807) is 11.8 Å². The first-order chi connectivity index (χ1) is 12.5. The molecule has 0 fully saturated rings. The molecule has 26 heavy (non-hydrogen) atoms. The monoisotopic (exact) mass is 366 g/mol. The second-order valence-corrected chi connectivity index (χ2v) is 7.47. The molecule has 0 saturated carbocycles. The predicted molar refractivity (Wildman–Crippen MR) is 106 cm³/mol. The maximum absolute atomic E-state index is 12.8. The molecule has 0 radical (unpaired) electrons. The van der Waals surface area contributed by atoms with Crippen LogP contribution in [0.5, 0.6) is 0 Å². The van der Waals surface area contributed by atoms with Gasteiger partial charge in [0, 0.05) is 16.6 Å². The van der Waals surface area contributed by atoms with Crippen LogP contribution in [0, 0.1) is 6.92 Å². The molecule has 0 aliphatic rings. The molecule has 0 atom stereocenters. The van der Waals surface area contributed by atoms with Gasteiger partial charge < -0.3 is 9.84 Å². The van der Waals surface area contributed by atoms with E-state index in [0.29, 0.717) is 17.2 Å². The molecule has 2 aromatic carbocycles. The first kappa shape index (κ1) is 18.3.